The number of hydrogen-bond acceptors (Lipinski definition) is 4. The molecule has 0 aromatic heterocycles. The van der Waals surface area contributed by atoms with Gasteiger partial charge in [-0.25, -0.2) is 5.06 Å². The summed E-state index contributed by atoms with van der Waals surface area (Å²) in [6.07, 6.45) is 0.809. The first-order valence-electron chi connectivity index (χ1n) is 5.43. The van der Waals surface area contributed by atoms with Crippen molar-refractivity contribution in [2.75, 3.05) is 26.5 Å². The van der Waals surface area contributed by atoms with Gasteiger partial charge in [-0.1, -0.05) is 6.92 Å². The van der Waals surface area contributed by atoms with E-state index in [0.717, 1.165) is 6.42 Å². The number of amides is 1. The van der Waals surface area contributed by atoms with Crippen LogP contribution >= 0.6 is 0 Å². The SMILES string of the molecule is CCCN(OC)C(=O)c1cc(OC)ccc1N. The maximum Gasteiger partial charge on any atom is 0.279 e. The van der Waals surface area contributed by atoms with E-state index in [9.17, 15) is 4.79 Å². The number of rotatable bonds is 5. The van der Waals surface area contributed by atoms with E-state index in [1.807, 2.05) is 6.92 Å². The van der Waals surface area contributed by atoms with E-state index in [4.69, 9.17) is 15.3 Å². The molecule has 0 unspecified atom stereocenters. The third-order valence-corrected chi connectivity index (χ3v) is 2.36. The minimum Gasteiger partial charge on any atom is -0.497 e. The number of hydroxylamine groups is 2. The minimum absolute atomic E-state index is 0.259. The first-order chi connectivity index (χ1) is 8.13. The molecule has 94 valence electrons. The summed E-state index contributed by atoms with van der Waals surface area (Å²) in [5.74, 6) is 0.334. The lowest BCUT2D eigenvalue weighted by Crippen LogP contribution is -2.31. The molecule has 0 atom stereocenters. The van der Waals surface area contributed by atoms with Gasteiger partial charge in [-0.2, -0.15) is 0 Å². The van der Waals surface area contributed by atoms with Crippen LogP contribution in [0.1, 0.15) is 23.7 Å². The highest BCUT2D eigenvalue weighted by molar-refractivity contribution is 5.99. The van der Waals surface area contributed by atoms with Crippen molar-refractivity contribution in [1.29, 1.82) is 0 Å². The molecule has 0 aliphatic carbocycles. The summed E-state index contributed by atoms with van der Waals surface area (Å²) in [5.41, 5.74) is 6.57. The van der Waals surface area contributed by atoms with Crippen molar-refractivity contribution >= 4 is 11.6 Å². The van der Waals surface area contributed by atoms with Crippen LogP contribution in [0.5, 0.6) is 5.75 Å². The average Bonchev–Trinajstić information content (AvgIpc) is 2.35. The molecule has 0 aliphatic heterocycles. The van der Waals surface area contributed by atoms with Gasteiger partial charge in [0.15, 0.2) is 0 Å². The van der Waals surface area contributed by atoms with E-state index in [1.54, 1.807) is 25.3 Å². The van der Waals surface area contributed by atoms with E-state index < -0.39 is 0 Å². The molecule has 0 spiro atoms. The summed E-state index contributed by atoms with van der Waals surface area (Å²) in [6, 6.07) is 4.97. The Morgan fingerprint density at radius 2 is 2.12 bits per heavy atom. The molecule has 17 heavy (non-hydrogen) atoms. The van der Waals surface area contributed by atoms with Crippen molar-refractivity contribution in [3.8, 4) is 5.75 Å². The molecule has 0 aliphatic rings. The molecule has 0 saturated heterocycles. The van der Waals surface area contributed by atoms with Gasteiger partial charge < -0.3 is 10.5 Å². The topological polar surface area (TPSA) is 64.8 Å². The first kappa shape index (κ1) is 13.3. The highest BCUT2D eigenvalue weighted by atomic mass is 16.7. The second-order valence-electron chi connectivity index (χ2n) is 3.54. The van der Waals surface area contributed by atoms with E-state index in [-0.39, 0.29) is 5.91 Å². The predicted octanol–water partition coefficient (Wildman–Crippen LogP) is 1.69. The number of nitrogens with zero attached hydrogens (tertiary/aromatic N) is 1. The number of benzene rings is 1. The van der Waals surface area contributed by atoms with Gasteiger partial charge in [-0.05, 0) is 24.6 Å². The molecule has 0 bridgehead atoms. The van der Waals surface area contributed by atoms with E-state index in [0.29, 0.717) is 23.5 Å². The molecule has 0 saturated carbocycles. The smallest absolute Gasteiger partial charge is 0.279 e. The monoisotopic (exact) mass is 238 g/mol. The number of anilines is 1. The second kappa shape index (κ2) is 6.10. The van der Waals surface area contributed by atoms with Crippen molar-refractivity contribution in [1.82, 2.24) is 5.06 Å². The van der Waals surface area contributed by atoms with Crippen LogP contribution in [0.2, 0.25) is 0 Å². The van der Waals surface area contributed by atoms with Crippen molar-refractivity contribution in [3.05, 3.63) is 23.8 Å². The average molecular weight is 238 g/mol. The Balaban J connectivity index is 3.01. The zero-order valence-corrected chi connectivity index (χ0v) is 10.4. The number of carbonyl (C=O) groups excluding carboxylic acids is 1. The molecular weight excluding hydrogens is 220 g/mol. The third-order valence-electron chi connectivity index (χ3n) is 2.36. The summed E-state index contributed by atoms with van der Waals surface area (Å²) >= 11 is 0. The molecule has 2 N–H and O–H groups in total. The van der Waals surface area contributed by atoms with E-state index in [2.05, 4.69) is 0 Å². The summed E-state index contributed by atoms with van der Waals surface area (Å²) < 4.78 is 5.07. The van der Waals surface area contributed by atoms with Crippen LogP contribution in [0.15, 0.2) is 18.2 Å². The molecule has 0 fully saturated rings. The molecule has 1 aromatic carbocycles. The van der Waals surface area contributed by atoms with Crippen molar-refractivity contribution < 1.29 is 14.4 Å². The van der Waals surface area contributed by atoms with Crippen LogP contribution in [0.25, 0.3) is 0 Å². The Kier molecular flexibility index (Phi) is 4.78. The Morgan fingerprint density at radius 3 is 2.65 bits per heavy atom. The normalized spacial score (nSPS) is 10.1. The molecule has 1 aromatic rings. The Hall–Kier alpha value is -1.75. The zero-order valence-electron chi connectivity index (χ0n) is 10.4. The first-order valence-corrected chi connectivity index (χ1v) is 5.43. The fourth-order valence-electron chi connectivity index (χ4n) is 1.46. The zero-order chi connectivity index (χ0) is 12.8. The van der Waals surface area contributed by atoms with Gasteiger partial charge in [-0.15, -0.1) is 0 Å². The summed E-state index contributed by atoms with van der Waals surface area (Å²) in [6.45, 7) is 2.49. The fourth-order valence-corrected chi connectivity index (χ4v) is 1.46. The molecule has 1 rings (SSSR count). The lowest BCUT2D eigenvalue weighted by Gasteiger charge is -2.19. The van der Waals surface area contributed by atoms with Gasteiger partial charge >= 0.3 is 0 Å². The molecule has 1 amide bonds. The maximum absolute atomic E-state index is 12.1. The number of methoxy groups -OCH3 is 1. The van der Waals surface area contributed by atoms with Crippen molar-refractivity contribution in [2.24, 2.45) is 0 Å². The van der Waals surface area contributed by atoms with Crippen molar-refractivity contribution in [2.45, 2.75) is 13.3 Å². The lowest BCUT2D eigenvalue weighted by atomic mass is 10.1. The maximum atomic E-state index is 12.1. The van der Waals surface area contributed by atoms with E-state index >= 15 is 0 Å². The predicted molar refractivity (Wildman–Crippen MR) is 65.7 cm³/mol. The number of hydrogen-bond donors (Lipinski definition) is 1. The van der Waals surface area contributed by atoms with Gasteiger partial charge in [0.2, 0.25) is 0 Å². The molecule has 5 nitrogen and oxygen atoms in total. The third kappa shape index (κ3) is 3.10. The lowest BCUT2D eigenvalue weighted by molar-refractivity contribution is -0.0947. The summed E-state index contributed by atoms with van der Waals surface area (Å²) in [5, 5.41) is 1.28. The number of carbonyl (C=O) groups is 1. The van der Waals surface area contributed by atoms with Crippen LogP contribution in [0.4, 0.5) is 5.69 Å². The summed E-state index contributed by atoms with van der Waals surface area (Å²) in [4.78, 5) is 17.1. The number of nitrogen functional groups attached to an aromatic ring is 1. The van der Waals surface area contributed by atoms with Gasteiger partial charge in [-0.3, -0.25) is 9.63 Å². The largest absolute Gasteiger partial charge is 0.497 e. The molecule has 5 heteroatoms. The number of nitrogens with two attached hydrogens (primary N) is 1. The van der Waals surface area contributed by atoms with Crippen LogP contribution in [0.3, 0.4) is 0 Å². The molecule has 0 heterocycles. The quantitative estimate of drug-likeness (QED) is 0.626. The van der Waals surface area contributed by atoms with Crippen LogP contribution in [0, 0.1) is 0 Å². The highest BCUT2D eigenvalue weighted by Gasteiger charge is 2.18. The van der Waals surface area contributed by atoms with Gasteiger partial charge in [0.25, 0.3) is 5.91 Å². The van der Waals surface area contributed by atoms with Gasteiger partial charge in [0, 0.05) is 12.2 Å². The number of ether oxygens (including phenoxy) is 1. The van der Waals surface area contributed by atoms with Crippen LogP contribution < -0.4 is 10.5 Å². The Bertz CT molecular complexity index is 393. The standard InChI is InChI=1S/C12H18N2O3/c1-4-7-14(17-3)12(15)10-8-9(16-2)5-6-11(10)13/h5-6,8H,4,7,13H2,1-3H3. The van der Waals surface area contributed by atoms with E-state index in [1.165, 1.54) is 12.2 Å². The summed E-state index contributed by atoms with van der Waals surface area (Å²) in [7, 11) is 3.00. The van der Waals surface area contributed by atoms with Gasteiger partial charge in [0.1, 0.15) is 5.75 Å². The Morgan fingerprint density at radius 1 is 1.41 bits per heavy atom. The molecule has 0 radical (unpaired) electrons. The van der Waals surface area contributed by atoms with Crippen molar-refractivity contribution in [3.63, 3.8) is 0 Å². The highest BCUT2D eigenvalue weighted by Crippen LogP contribution is 2.21. The minimum atomic E-state index is -0.259. The van der Waals surface area contributed by atoms with Gasteiger partial charge in [0.05, 0.1) is 19.8 Å². The fraction of sp³-hybridized carbons (Fsp3) is 0.417. The Labute approximate surface area is 101 Å². The van der Waals surface area contributed by atoms with Crippen LogP contribution in [-0.2, 0) is 4.84 Å². The van der Waals surface area contributed by atoms with Crippen LogP contribution in [-0.4, -0.2) is 31.7 Å². The second-order valence-corrected chi connectivity index (χ2v) is 3.54. The molecular formula is C12H18N2O3.